The van der Waals surface area contributed by atoms with Crippen molar-refractivity contribution in [2.24, 2.45) is 10.2 Å². The topological polar surface area (TPSA) is 171 Å². The van der Waals surface area contributed by atoms with E-state index in [9.17, 15) is 5.11 Å². The van der Waals surface area contributed by atoms with Gasteiger partial charge in [-0.1, -0.05) is 41.9 Å². The number of halogens is 1. The molecule has 0 spiro atoms. The molecular formula is C17H13ClN2O7S2Zr-2. The molecule has 0 saturated carbocycles. The predicted molar refractivity (Wildman–Crippen MR) is 105 cm³/mol. The Kier molecular flexibility index (Phi) is 13.9. The molecule has 0 radical (unpaired) electrons. The van der Waals surface area contributed by atoms with Crippen LogP contribution in [0.15, 0.2) is 64.8 Å². The average Bonchev–Trinajstić information content (AvgIpc) is 2.63. The molecule has 0 unspecified atom stereocenters. The van der Waals surface area contributed by atoms with Crippen molar-refractivity contribution in [1.29, 1.82) is 0 Å². The fourth-order valence-electron chi connectivity index (χ4n) is 2.15. The van der Waals surface area contributed by atoms with E-state index in [1.807, 2.05) is 43.3 Å². The first-order chi connectivity index (χ1) is 13.6. The molecule has 9 nitrogen and oxygen atoms in total. The molecule has 0 aliphatic heterocycles. The van der Waals surface area contributed by atoms with Crippen LogP contribution in [0.25, 0.3) is 10.8 Å². The minimum Gasteiger partial charge on any atom is -0.784 e. The average molecular weight is 548 g/mol. The minimum atomic E-state index is -3.11. The van der Waals surface area contributed by atoms with E-state index in [1.54, 1.807) is 18.2 Å². The van der Waals surface area contributed by atoms with Crippen LogP contribution in [-0.4, -0.2) is 31.7 Å². The number of hydrogen-bond acceptors (Lipinski definition) is 9. The van der Waals surface area contributed by atoms with Gasteiger partial charge in [0, 0.05) is 10.4 Å². The maximum absolute atomic E-state index is 10.0. The third-order valence-electron chi connectivity index (χ3n) is 3.29. The third kappa shape index (κ3) is 10.6. The van der Waals surface area contributed by atoms with Crippen LogP contribution in [0.3, 0.4) is 0 Å². The van der Waals surface area contributed by atoms with Crippen molar-refractivity contribution in [1.82, 2.24) is 0 Å². The molecule has 13 heteroatoms. The summed E-state index contributed by atoms with van der Waals surface area (Å²) in [6, 6.07) is 16.7. The van der Waals surface area contributed by atoms with Crippen molar-refractivity contribution in [2.75, 3.05) is 0 Å². The molecule has 0 aliphatic rings. The van der Waals surface area contributed by atoms with Crippen molar-refractivity contribution >= 4 is 56.5 Å². The summed E-state index contributed by atoms with van der Waals surface area (Å²) in [6.07, 6.45) is 0. The van der Waals surface area contributed by atoms with Gasteiger partial charge in [0.2, 0.25) is 0 Å². The Morgan fingerprint density at radius 3 is 2.03 bits per heavy atom. The molecule has 158 valence electrons. The van der Waals surface area contributed by atoms with E-state index < -0.39 is 22.7 Å². The molecule has 3 aromatic rings. The van der Waals surface area contributed by atoms with Crippen molar-refractivity contribution in [3.63, 3.8) is 0 Å². The Hall–Kier alpha value is -1.37. The van der Waals surface area contributed by atoms with Gasteiger partial charge in [-0.2, -0.15) is 5.11 Å². The molecule has 0 atom stereocenters. The Bertz CT molecular complexity index is 1030. The fourth-order valence-corrected chi connectivity index (χ4v) is 2.27. The van der Waals surface area contributed by atoms with Crippen LogP contribution < -0.4 is 0 Å². The largest absolute Gasteiger partial charge is 2.00 e. The van der Waals surface area contributed by atoms with Crippen molar-refractivity contribution in [2.45, 2.75) is 6.92 Å². The standard InChI is InChI=1S/C17H13ClN2O.2H2O3S.Zr/c1-11-10-13(7-8-15(11)18)19-20-17-14-5-3-2-4-12(14)6-9-16(17)21;2*1-4(2)3;/h2-10,21H,1H3;2*(H2,1,2,3);/q;;;+2/p-4. The van der Waals surface area contributed by atoms with Gasteiger partial charge in [-0.25, -0.2) is 0 Å². The fraction of sp³-hybridized carbons (Fsp3) is 0.0588. The van der Waals surface area contributed by atoms with Gasteiger partial charge in [0.05, 0.1) is 5.69 Å². The predicted octanol–water partition coefficient (Wildman–Crippen LogP) is 3.91. The molecule has 1 N–H and O–H groups in total. The SMILES string of the molecule is Cc1cc(N=Nc2c(O)ccc3ccccc23)ccc1Cl.O=S([O-])[O-].O=S([O-])[O-].[Zr+2]. The summed E-state index contributed by atoms with van der Waals surface area (Å²) in [5.74, 6) is 0.114. The van der Waals surface area contributed by atoms with E-state index in [-0.39, 0.29) is 32.0 Å². The molecule has 0 amide bonds. The van der Waals surface area contributed by atoms with Gasteiger partial charge in [-0.3, -0.25) is 8.42 Å². The van der Waals surface area contributed by atoms with Crippen molar-refractivity contribution in [3.8, 4) is 5.75 Å². The number of azo groups is 1. The minimum absolute atomic E-state index is 0. The summed E-state index contributed by atoms with van der Waals surface area (Å²) in [5, 5.41) is 21.0. The van der Waals surface area contributed by atoms with Crippen molar-refractivity contribution < 1.29 is 57.9 Å². The second kappa shape index (κ2) is 14.6. The third-order valence-corrected chi connectivity index (χ3v) is 3.71. The molecule has 0 saturated heterocycles. The van der Waals surface area contributed by atoms with Crippen LogP contribution in [0.4, 0.5) is 11.4 Å². The summed E-state index contributed by atoms with van der Waals surface area (Å²) in [6.45, 7) is 1.91. The summed E-state index contributed by atoms with van der Waals surface area (Å²) in [7, 11) is 0. The number of nitrogens with zero attached hydrogens (tertiary/aromatic N) is 2. The van der Waals surface area contributed by atoms with Crippen LogP contribution in [0.5, 0.6) is 5.75 Å². The smallest absolute Gasteiger partial charge is 0.784 e. The second-order valence-corrected chi connectivity index (χ2v) is 6.42. The van der Waals surface area contributed by atoms with E-state index in [1.165, 1.54) is 0 Å². The first kappa shape index (κ1) is 28.6. The Balaban J connectivity index is 0.000000808. The molecule has 0 aromatic heterocycles. The molecule has 3 rings (SSSR count). The first-order valence-corrected chi connectivity index (χ1v) is 9.91. The Labute approximate surface area is 201 Å². The maximum Gasteiger partial charge on any atom is 2.00 e. The molecule has 0 bridgehead atoms. The molecular weight excluding hydrogens is 535 g/mol. The number of phenols is 1. The normalized spacial score (nSPS) is 10.3. The van der Waals surface area contributed by atoms with E-state index >= 15 is 0 Å². The van der Waals surface area contributed by atoms with Crippen LogP contribution in [0.2, 0.25) is 5.02 Å². The number of aryl methyl sites for hydroxylation is 1. The second-order valence-electron chi connectivity index (χ2n) is 5.20. The van der Waals surface area contributed by atoms with Gasteiger partial charge in [-0.05, 0) is 42.1 Å². The summed E-state index contributed by atoms with van der Waals surface area (Å²) < 4.78 is 50.7. The molecule has 3 aromatic carbocycles. The zero-order chi connectivity index (χ0) is 22.0. The number of rotatable bonds is 2. The molecule has 0 aliphatic carbocycles. The zero-order valence-electron chi connectivity index (χ0n) is 15.2. The number of benzene rings is 3. The first-order valence-electron chi connectivity index (χ1n) is 7.54. The van der Waals surface area contributed by atoms with Gasteiger partial charge in [-0.15, -0.1) is 27.8 Å². The molecule has 0 heterocycles. The van der Waals surface area contributed by atoms with Gasteiger partial charge in [0.15, 0.2) is 0 Å². The van der Waals surface area contributed by atoms with E-state index in [0.29, 0.717) is 16.4 Å². The molecule has 0 fully saturated rings. The quantitative estimate of drug-likeness (QED) is 0.374. The van der Waals surface area contributed by atoms with Gasteiger partial charge >= 0.3 is 26.2 Å². The number of aromatic hydroxyl groups is 1. The van der Waals surface area contributed by atoms with Gasteiger partial charge in [0.25, 0.3) is 0 Å². The van der Waals surface area contributed by atoms with Gasteiger partial charge in [0.1, 0.15) is 11.4 Å². The van der Waals surface area contributed by atoms with Crippen molar-refractivity contribution in [3.05, 3.63) is 65.2 Å². The molecule has 30 heavy (non-hydrogen) atoms. The summed E-state index contributed by atoms with van der Waals surface area (Å²) in [4.78, 5) is 0. The van der Waals surface area contributed by atoms with Crippen LogP contribution >= 0.6 is 11.6 Å². The van der Waals surface area contributed by atoms with Crippen LogP contribution in [-0.2, 0) is 48.9 Å². The Morgan fingerprint density at radius 2 is 1.47 bits per heavy atom. The maximum atomic E-state index is 10.0. The van der Waals surface area contributed by atoms with Gasteiger partial charge < -0.3 is 23.3 Å². The van der Waals surface area contributed by atoms with E-state index in [0.717, 1.165) is 16.3 Å². The number of fused-ring (bicyclic) bond motifs is 1. The summed E-state index contributed by atoms with van der Waals surface area (Å²) >= 11 is -0.233. The number of phenolic OH excluding ortho intramolecular Hbond substituents is 1. The van der Waals surface area contributed by atoms with E-state index in [2.05, 4.69) is 10.2 Å². The zero-order valence-corrected chi connectivity index (χ0v) is 20.0. The summed E-state index contributed by atoms with van der Waals surface area (Å²) in [5.41, 5.74) is 2.11. The Morgan fingerprint density at radius 1 is 0.900 bits per heavy atom. The van der Waals surface area contributed by atoms with Crippen LogP contribution in [0, 0.1) is 6.92 Å². The monoisotopic (exact) mass is 546 g/mol. The van der Waals surface area contributed by atoms with Crippen LogP contribution in [0.1, 0.15) is 5.56 Å². The van der Waals surface area contributed by atoms with E-state index in [4.69, 9.17) is 38.2 Å². The number of hydrogen-bond donors (Lipinski definition) is 1.